The number of aromatic amines is 1. The summed E-state index contributed by atoms with van der Waals surface area (Å²) >= 11 is 0. The molecule has 0 fully saturated rings. The Kier molecular flexibility index (Phi) is 5.38. The highest BCUT2D eigenvalue weighted by Gasteiger charge is 2.16. The number of hydrogen-bond donors (Lipinski definition) is 2. The molecular weight excluding hydrogens is 266 g/mol. The van der Waals surface area contributed by atoms with Crippen LogP contribution in [0.15, 0.2) is 30.3 Å². The zero-order valence-corrected chi connectivity index (χ0v) is 11.4. The van der Waals surface area contributed by atoms with Crippen molar-refractivity contribution in [2.24, 2.45) is 0 Å². The number of anilines is 1. The van der Waals surface area contributed by atoms with E-state index in [0.717, 1.165) is 11.3 Å². The third-order valence-corrected chi connectivity index (χ3v) is 2.59. The summed E-state index contributed by atoms with van der Waals surface area (Å²) in [4.78, 5) is 11.5. The molecule has 0 saturated carbocycles. The van der Waals surface area contributed by atoms with Crippen LogP contribution in [-0.4, -0.2) is 22.8 Å². The number of rotatable bonds is 4. The van der Waals surface area contributed by atoms with Crippen molar-refractivity contribution in [1.29, 1.82) is 0 Å². The van der Waals surface area contributed by atoms with E-state index in [4.69, 9.17) is 10.5 Å². The number of nitrogen functional groups attached to an aromatic ring is 1. The summed E-state index contributed by atoms with van der Waals surface area (Å²) < 4.78 is 4.92. The van der Waals surface area contributed by atoms with Crippen LogP contribution in [0.3, 0.4) is 0 Å². The number of nitrogens with two attached hydrogens (primary N) is 1. The van der Waals surface area contributed by atoms with Crippen molar-refractivity contribution in [3.8, 4) is 11.3 Å². The topological polar surface area (TPSA) is 81.0 Å². The summed E-state index contributed by atoms with van der Waals surface area (Å²) in [5.74, 6) is 0.0321. The van der Waals surface area contributed by atoms with Crippen LogP contribution in [0.1, 0.15) is 12.5 Å². The van der Waals surface area contributed by atoms with Gasteiger partial charge in [0.2, 0.25) is 0 Å². The zero-order chi connectivity index (χ0) is 13.0. The van der Waals surface area contributed by atoms with Gasteiger partial charge < -0.3 is 10.5 Å². The number of esters is 1. The summed E-state index contributed by atoms with van der Waals surface area (Å²) in [6.07, 6.45) is 0.125. The fourth-order valence-electron chi connectivity index (χ4n) is 1.76. The van der Waals surface area contributed by atoms with E-state index in [2.05, 4.69) is 10.2 Å². The first kappa shape index (κ1) is 15.0. The normalized spacial score (nSPS) is 9.74. The van der Waals surface area contributed by atoms with Crippen molar-refractivity contribution < 1.29 is 9.53 Å². The summed E-state index contributed by atoms with van der Waals surface area (Å²) in [5, 5.41) is 6.81. The number of ether oxygens (including phenoxy) is 1. The Morgan fingerprint density at radius 2 is 2.05 bits per heavy atom. The van der Waals surface area contributed by atoms with Gasteiger partial charge in [0, 0.05) is 5.56 Å². The molecule has 102 valence electrons. The number of carbonyl (C=O) groups excluding carboxylic acids is 1. The molecule has 0 aliphatic heterocycles. The van der Waals surface area contributed by atoms with Gasteiger partial charge in [-0.2, -0.15) is 5.10 Å². The summed E-state index contributed by atoms with van der Waals surface area (Å²) in [6, 6.07) is 9.62. The lowest BCUT2D eigenvalue weighted by Crippen LogP contribution is -2.09. The summed E-state index contributed by atoms with van der Waals surface area (Å²) in [6.45, 7) is 2.13. The quantitative estimate of drug-likeness (QED) is 0.842. The molecule has 1 aromatic carbocycles. The monoisotopic (exact) mass is 281 g/mol. The molecule has 1 aromatic heterocycles. The maximum absolute atomic E-state index is 11.5. The predicted molar refractivity (Wildman–Crippen MR) is 76.0 cm³/mol. The SMILES string of the molecule is CCOC(=O)Cc1c(N)n[nH]c1-c1ccccc1.Cl. The van der Waals surface area contributed by atoms with E-state index in [1.807, 2.05) is 30.3 Å². The Balaban J connectivity index is 0.00000180. The molecule has 3 N–H and O–H groups in total. The van der Waals surface area contributed by atoms with Crippen molar-refractivity contribution in [2.75, 3.05) is 12.3 Å². The maximum Gasteiger partial charge on any atom is 0.310 e. The number of nitrogens with zero attached hydrogens (tertiary/aromatic N) is 1. The van der Waals surface area contributed by atoms with Gasteiger partial charge in [0.25, 0.3) is 0 Å². The lowest BCUT2D eigenvalue weighted by molar-refractivity contribution is -0.142. The second-order valence-electron chi connectivity index (χ2n) is 3.81. The van der Waals surface area contributed by atoms with Gasteiger partial charge in [-0.25, -0.2) is 0 Å². The second kappa shape index (κ2) is 6.80. The fraction of sp³-hybridized carbons (Fsp3) is 0.231. The molecule has 0 bridgehead atoms. The van der Waals surface area contributed by atoms with Crippen LogP contribution in [0.4, 0.5) is 5.82 Å². The van der Waals surface area contributed by atoms with Crippen LogP contribution < -0.4 is 5.73 Å². The number of aromatic nitrogens is 2. The van der Waals surface area contributed by atoms with Gasteiger partial charge in [-0.1, -0.05) is 30.3 Å². The highest BCUT2D eigenvalue weighted by molar-refractivity contribution is 5.85. The molecule has 0 amide bonds. The minimum Gasteiger partial charge on any atom is -0.466 e. The molecule has 0 aliphatic carbocycles. The van der Waals surface area contributed by atoms with Crippen molar-refractivity contribution in [3.63, 3.8) is 0 Å². The molecule has 19 heavy (non-hydrogen) atoms. The molecule has 1 heterocycles. The number of H-pyrrole nitrogens is 1. The Labute approximate surface area is 117 Å². The van der Waals surface area contributed by atoms with Gasteiger partial charge in [-0.05, 0) is 12.5 Å². The zero-order valence-electron chi connectivity index (χ0n) is 10.6. The molecular formula is C13H16ClN3O2. The molecule has 0 saturated heterocycles. The minimum absolute atomic E-state index is 0. The van der Waals surface area contributed by atoms with E-state index >= 15 is 0 Å². The Hall–Kier alpha value is -2.01. The average Bonchev–Trinajstić information content (AvgIpc) is 2.73. The van der Waals surface area contributed by atoms with Crippen molar-refractivity contribution >= 4 is 24.2 Å². The van der Waals surface area contributed by atoms with Crippen LogP contribution >= 0.6 is 12.4 Å². The van der Waals surface area contributed by atoms with E-state index in [1.165, 1.54) is 0 Å². The summed E-state index contributed by atoms with van der Waals surface area (Å²) in [7, 11) is 0. The smallest absolute Gasteiger partial charge is 0.310 e. The maximum atomic E-state index is 11.5. The van der Waals surface area contributed by atoms with E-state index < -0.39 is 0 Å². The van der Waals surface area contributed by atoms with Crippen molar-refractivity contribution in [3.05, 3.63) is 35.9 Å². The highest BCUT2D eigenvalue weighted by atomic mass is 35.5. The standard InChI is InChI=1S/C13H15N3O2.ClH/c1-2-18-11(17)8-10-12(15-16-13(10)14)9-6-4-3-5-7-9;/h3-7H,2,8H2,1H3,(H3,14,15,16);1H. The van der Waals surface area contributed by atoms with E-state index in [-0.39, 0.29) is 24.8 Å². The molecule has 2 rings (SSSR count). The van der Waals surface area contributed by atoms with Gasteiger partial charge in [0.15, 0.2) is 0 Å². The fourth-order valence-corrected chi connectivity index (χ4v) is 1.76. The second-order valence-corrected chi connectivity index (χ2v) is 3.81. The Morgan fingerprint density at radius 3 is 2.68 bits per heavy atom. The molecule has 0 aliphatic rings. The number of halogens is 1. The van der Waals surface area contributed by atoms with Gasteiger partial charge in [-0.15, -0.1) is 12.4 Å². The Morgan fingerprint density at radius 1 is 1.37 bits per heavy atom. The molecule has 0 radical (unpaired) electrons. The molecule has 0 atom stereocenters. The van der Waals surface area contributed by atoms with E-state index in [1.54, 1.807) is 6.92 Å². The first-order valence-corrected chi connectivity index (χ1v) is 5.76. The third-order valence-electron chi connectivity index (χ3n) is 2.59. The molecule has 6 heteroatoms. The van der Waals surface area contributed by atoms with Gasteiger partial charge >= 0.3 is 5.97 Å². The van der Waals surface area contributed by atoms with Crippen molar-refractivity contribution in [1.82, 2.24) is 10.2 Å². The van der Waals surface area contributed by atoms with Crippen LogP contribution in [-0.2, 0) is 16.0 Å². The number of benzene rings is 1. The van der Waals surface area contributed by atoms with Gasteiger partial charge in [-0.3, -0.25) is 9.89 Å². The van der Waals surface area contributed by atoms with Crippen LogP contribution in [0, 0.1) is 0 Å². The molecule has 2 aromatic rings. The molecule has 0 spiro atoms. The lowest BCUT2D eigenvalue weighted by atomic mass is 10.1. The van der Waals surface area contributed by atoms with E-state index in [9.17, 15) is 4.79 Å². The minimum atomic E-state index is -0.303. The number of nitrogens with one attached hydrogen (secondary N) is 1. The predicted octanol–water partition coefficient (Wildman–Crippen LogP) is 2.19. The first-order valence-electron chi connectivity index (χ1n) is 5.76. The van der Waals surface area contributed by atoms with Crippen LogP contribution in [0.2, 0.25) is 0 Å². The summed E-state index contributed by atoms with van der Waals surface area (Å²) in [5.41, 5.74) is 8.16. The van der Waals surface area contributed by atoms with Gasteiger partial charge in [0.1, 0.15) is 5.82 Å². The lowest BCUT2D eigenvalue weighted by Gasteiger charge is -2.04. The van der Waals surface area contributed by atoms with Crippen molar-refractivity contribution in [2.45, 2.75) is 13.3 Å². The largest absolute Gasteiger partial charge is 0.466 e. The Bertz CT molecular complexity index is 540. The van der Waals surface area contributed by atoms with Crippen LogP contribution in [0.25, 0.3) is 11.3 Å². The first-order chi connectivity index (χ1) is 8.72. The highest BCUT2D eigenvalue weighted by Crippen LogP contribution is 2.25. The average molecular weight is 282 g/mol. The number of hydrogen-bond acceptors (Lipinski definition) is 4. The van der Waals surface area contributed by atoms with Gasteiger partial charge in [0.05, 0.1) is 18.7 Å². The third kappa shape index (κ3) is 3.48. The van der Waals surface area contributed by atoms with E-state index in [0.29, 0.717) is 18.0 Å². The molecule has 5 nitrogen and oxygen atoms in total. The van der Waals surface area contributed by atoms with Crippen LogP contribution in [0.5, 0.6) is 0 Å². The number of carbonyl (C=O) groups is 1. The molecule has 0 unspecified atom stereocenters.